The molecule has 162 valence electrons. The minimum Gasteiger partial charge on any atom is -0.457 e. The van der Waals surface area contributed by atoms with Gasteiger partial charge in [-0.1, -0.05) is 18.2 Å². The van der Waals surface area contributed by atoms with E-state index in [1.54, 1.807) is 29.9 Å². The van der Waals surface area contributed by atoms with E-state index >= 15 is 0 Å². The number of carbonyl (C=O) groups is 1. The number of benzene rings is 2. The van der Waals surface area contributed by atoms with E-state index in [1.165, 1.54) is 10.4 Å². The Morgan fingerprint density at radius 1 is 1.13 bits per heavy atom. The third-order valence-corrected chi connectivity index (χ3v) is 7.13. The maximum Gasteiger partial charge on any atom is 0.338 e. The van der Waals surface area contributed by atoms with Crippen LogP contribution in [0.4, 0.5) is 0 Å². The average Bonchev–Trinajstić information content (AvgIpc) is 3.33. The Balaban J connectivity index is 1.46. The molecule has 0 amide bonds. The number of aromatic nitrogens is 2. The Bertz CT molecular complexity index is 1150. The molecule has 0 radical (unpaired) electrons. The van der Waals surface area contributed by atoms with Gasteiger partial charge >= 0.3 is 5.97 Å². The van der Waals surface area contributed by atoms with Crippen LogP contribution in [0.3, 0.4) is 0 Å². The molecule has 0 atom stereocenters. The molecule has 1 fully saturated rings. The maximum absolute atomic E-state index is 13.0. The first-order valence-corrected chi connectivity index (χ1v) is 11.3. The molecule has 1 aliphatic heterocycles. The SMILES string of the molecule is Cc1ccc(C(=O)OCc2ccc(-n3cccn3)cc2)cc1S(=O)(=O)N1CCOCC1. The second-order valence-corrected chi connectivity index (χ2v) is 9.10. The summed E-state index contributed by atoms with van der Waals surface area (Å²) in [6.07, 6.45) is 3.54. The van der Waals surface area contributed by atoms with Crippen LogP contribution in [0.2, 0.25) is 0 Å². The van der Waals surface area contributed by atoms with E-state index in [4.69, 9.17) is 9.47 Å². The van der Waals surface area contributed by atoms with Crippen molar-refractivity contribution in [2.24, 2.45) is 0 Å². The van der Waals surface area contributed by atoms with Crippen LogP contribution in [-0.4, -0.2) is 54.8 Å². The minimum absolute atomic E-state index is 0.0810. The Morgan fingerprint density at radius 2 is 1.87 bits per heavy atom. The first-order chi connectivity index (χ1) is 14.9. The predicted molar refractivity (Wildman–Crippen MR) is 113 cm³/mol. The summed E-state index contributed by atoms with van der Waals surface area (Å²) >= 11 is 0. The third kappa shape index (κ3) is 4.68. The fourth-order valence-electron chi connectivity index (χ4n) is 3.33. The molecule has 0 saturated carbocycles. The molecule has 4 rings (SSSR count). The van der Waals surface area contributed by atoms with Crippen LogP contribution in [0.25, 0.3) is 5.69 Å². The van der Waals surface area contributed by atoms with Crippen molar-refractivity contribution in [3.63, 3.8) is 0 Å². The molecule has 0 aliphatic carbocycles. The van der Waals surface area contributed by atoms with Crippen molar-refractivity contribution in [2.45, 2.75) is 18.4 Å². The predicted octanol–water partition coefficient (Wildman–Crippen LogP) is 2.56. The Kier molecular flexibility index (Phi) is 6.17. The van der Waals surface area contributed by atoms with Gasteiger partial charge in [-0.05, 0) is 48.4 Å². The molecule has 1 aromatic heterocycles. The number of sulfonamides is 1. The smallest absolute Gasteiger partial charge is 0.338 e. The summed E-state index contributed by atoms with van der Waals surface area (Å²) in [6.45, 7) is 3.11. The first-order valence-electron chi connectivity index (χ1n) is 9.90. The summed E-state index contributed by atoms with van der Waals surface area (Å²) in [7, 11) is -3.70. The molecule has 0 bridgehead atoms. The lowest BCUT2D eigenvalue weighted by Crippen LogP contribution is -2.40. The number of morpholine rings is 1. The van der Waals surface area contributed by atoms with Gasteiger partial charge in [0.05, 0.1) is 29.4 Å². The van der Waals surface area contributed by atoms with Crippen molar-refractivity contribution in [2.75, 3.05) is 26.3 Å². The van der Waals surface area contributed by atoms with E-state index in [0.717, 1.165) is 11.3 Å². The summed E-state index contributed by atoms with van der Waals surface area (Å²) in [5.41, 5.74) is 2.50. The van der Waals surface area contributed by atoms with Crippen molar-refractivity contribution in [3.05, 3.63) is 77.6 Å². The van der Waals surface area contributed by atoms with Crippen LogP contribution >= 0.6 is 0 Å². The van der Waals surface area contributed by atoms with Gasteiger partial charge in [0.25, 0.3) is 0 Å². The lowest BCUT2D eigenvalue weighted by atomic mass is 10.1. The summed E-state index contributed by atoms with van der Waals surface area (Å²) in [6, 6.07) is 13.9. The molecule has 0 spiro atoms. The highest BCUT2D eigenvalue weighted by molar-refractivity contribution is 7.89. The molecule has 9 heteroatoms. The summed E-state index contributed by atoms with van der Waals surface area (Å²) in [5.74, 6) is -0.574. The van der Waals surface area contributed by atoms with Gasteiger partial charge in [0.2, 0.25) is 10.0 Å². The highest BCUT2D eigenvalue weighted by Gasteiger charge is 2.28. The number of rotatable bonds is 6. The van der Waals surface area contributed by atoms with E-state index in [1.807, 2.05) is 36.5 Å². The monoisotopic (exact) mass is 441 g/mol. The van der Waals surface area contributed by atoms with Gasteiger partial charge in [-0.2, -0.15) is 9.40 Å². The topological polar surface area (TPSA) is 90.7 Å². The fraction of sp³-hybridized carbons (Fsp3) is 0.273. The van der Waals surface area contributed by atoms with Gasteiger partial charge in [0, 0.05) is 25.5 Å². The standard InChI is InChI=1S/C22H23N3O5S/c1-17-3-6-19(15-21(17)31(27,28)24-11-13-29-14-12-24)22(26)30-16-18-4-7-20(8-5-18)25-10-2-9-23-25/h2-10,15H,11-14,16H2,1H3. The van der Waals surface area contributed by atoms with Crippen molar-refractivity contribution in [3.8, 4) is 5.69 Å². The highest BCUT2D eigenvalue weighted by Crippen LogP contribution is 2.23. The van der Waals surface area contributed by atoms with Crippen LogP contribution in [0, 0.1) is 6.92 Å². The second kappa shape index (κ2) is 9.01. The van der Waals surface area contributed by atoms with Crippen LogP contribution in [-0.2, 0) is 26.1 Å². The van der Waals surface area contributed by atoms with Gasteiger partial charge < -0.3 is 9.47 Å². The third-order valence-electron chi connectivity index (χ3n) is 5.09. The average molecular weight is 442 g/mol. The number of aryl methyl sites for hydroxylation is 1. The maximum atomic E-state index is 13.0. The van der Waals surface area contributed by atoms with Gasteiger partial charge in [-0.15, -0.1) is 0 Å². The quantitative estimate of drug-likeness (QED) is 0.546. The zero-order valence-electron chi connectivity index (χ0n) is 17.1. The first kappa shape index (κ1) is 21.2. The van der Waals surface area contributed by atoms with Crippen molar-refractivity contribution in [1.82, 2.24) is 14.1 Å². The molecule has 2 heterocycles. The largest absolute Gasteiger partial charge is 0.457 e. The van der Waals surface area contributed by atoms with Gasteiger partial charge in [-0.25, -0.2) is 17.9 Å². The molecular weight excluding hydrogens is 418 g/mol. The Labute approximate surface area is 181 Å². The van der Waals surface area contributed by atoms with E-state index in [-0.39, 0.29) is 17.1 Å². The number of ether oxygens (including phenoxy) is 2. The molecule has 8 nitrogen and oxygen atoms in total. The normalized spacial score (nSPS) is 15.0. The Morgan fingerprint density at radius 3 is 2.55 bits per heavy atom. The van der Waals surface area contributed by atoms with Gasteiger partial charge in [0.1, 0.15) is 6.61 Å². The van der Waals surface area contributed by atoms with Gasteiger partial charge in [-0.3, -0.25) is 0 Å². The van der Waals surface area contributed by atoms with Crippen molar-refractivity contribution in [1.29, 1.82) is 0 Å². The second-order valence-electron chi connectivity index (χ2n) is 7.19. The fourth-order valence-corrected chi connectivity index (χ4v) is 4.99. The molecule has 0 N–H and O–H groups in total. The molecule has 3 aromatic rings. The van der Waals surface area contributed by atoms with E-state index in [0.29, 0.717) is 31.9 Å². The number of hydrogen-bond acceptors (Lipinski definition) is 6. The zero-order valence-corrected chi connectivity index (χ0v) is 17.9. The van der Waals surface area contributed by atoms with Crippen LogP contribution < -0.4 is 0 Å². The molecule has 2 aromatic carbocycles. The minimum atomic E-state index is -3.70. The van der Waals surface area contributed by atoms with E-state index in [9.17, 15) is 13.2 Å². The summed E-state index contributed by atoms with van der Waals surface area (Å²) in [5, 5.41) is 4.17. The summed E-state index contributed by atoms with van der Waals surface area (Å²) in [4.78, 5) is 12.7. The van der Waals surface area contributed by atoms with Crippen molar-refractivity contribution >= 4 is 16.0 Å². The Hall–Kier alpha value is -3.01. The van der Waals surface area contributed by atoms with Crippen LogP contribution in [0.5, 0.6) is 0 Å². The van der Waals surface area contributed by atoms with Crippen molar-refractivity contribution < 1.29 is 22.7 Å². The number of esters is 1. The van der Waals surface area contributed by atoms with Crippen LogP contribution in [0.1, 0.15) is 21.5 Å². The lowest BCUT2D eigenvalue weighted by molar-refractivity contribution is 0.0472. The van der Waals surface area contributed by atoms with E-state index < -0.39 is 16.0 Å². The zero-order chi connectivity index (χ0) is 21.8. The summed E-state index contributed by atoms with van der Waals surface area (Å²) < 4.78 is 39.8. The number of hydrogen-bond donors (Lipinski definition) is 0. The highest BCUT2D eigenvalue weighted by atomic mass is 32.2. The van der Waals surface area contributed by atoms with Gasteiger partial charge in [0.15, 0.2) is 0 Å². The number of carbonyl (C=O) groups excluding carboxylic acids is 1. The lowest BCUT2D eigenvalue weighted by Gasteiger charge is -2.26. The molecule has 0 unspecified atom stereocenters. The van der Waals surface area contributed by atoms with E-state index in [2.05, 4.69) is 5.10 Å². The molecule has 1 saturated heterocycles. The molecular formula is C22H23N3O5S. The molecule has 1 aliphatic rings. The molecule has 31 heavy (non-hydrogen) atoms. The number of nitrogens with zero attached hydrogens (tertiary/aromatic N) is 3. The van der Waals surface area contributed by atoms with Crippen LogP contribution in [0.15, 0.2) is 65.8 Å².